The zero-order valence-electron chi connectivity index (χ0n) is 15.1. The highest BCUT2D eigenvalue weighted by atomic mass is 35.5. The highest BCUT2D eigenvalue weighted by molar-refractivity contribution is 6.31. The number of halogens is 1. The average molecular weight is 382 g/mol. The fraction of sp³-hybridized carbons (Fsp3) is 0.238. The zero-order valence-corrected chi connectivity index (χ0v) is 15.8. The third-order valence-corrected chi connectivity index (χ3v) is 5.05. The first-order valence-corrected chi connectivity index (χ1v) is 9.30. The Balaban J connectivity index is 1.48. The highest BCUT2D eigenvalue weighted by Gasteiger charge is 2.18. The molecule has 1 aliphatic heterocycles. The summed E-state index contributed by atoms with van der Waals surface area (Å²) in [5, 5.41) is 1.58. The smallest absolute Gasteiger partial charge is 0.219 e. The topological polar surface area (TPSA) is 45.7 Å². The number of rotatable bonds is 3. The van der Waals surface area contributed by atoms with Gasteiger partial charge in [-0.05, 0) is 48.5 Å². The lowest BCUT2D eigenvalue weighted by Crippen LogP contribution is -2.48. The van der Waals surface area contributed by atoms with E-state index >= 15 is 0 Å². The maximum Gasteiger partial charge on any atom is 0.219 e. The van der Waals surface area contributed by atoms with Crippen LogP contribution in [0.25, 0.3) is 10.9 Å². The molecule has 0 unspecified atom stereocenters. The van der Waals surface area contributed by atoms with Crippen molar-refractivity contribution in [1.29, 1.82) is 0 Å². The Morgan fingerprint density at radius 2 is 1.78 bits per heavy atom. The first kappa shape index (κ1) is 17.6. The fourth-order valence-corrected chi connectivity index (χ4v) is 3.48. The van der Waals surface area contributed by atoms with E-state index in [9.17, 15) is 4.79 Å². The van der Waals surface area contributed by atoms with Gasteiger partial charge in [0.1, 0.15) is 11.5 Å². The number of hydrogen-bond donors (Lipinski definition) is 0. The zero-order chi connectivity index (χ0) is 18.8. The maximum absolute atomic E-state index is 11.5. The third-order valence-electron chi connectivity index (χ3n) is 4.82. The molecule has 2 heterocycles. The second-order valence-electron chi connectivity index (χ2n) is 6.56. The van der Waals surface area contributed by atoms with Gasteiger partial charge >= 0.3 is 0 Å². The lowest BCUT2D eigenvalue weighted by atomic mass is 10.2. The molecule has 0 spiro atoms. The number of pyridine rings is 1. The number of piperazine rings is 1. The second kappa shape index (κ2) is 7.45. The molecule has 5 nitrogen and oxygen atoms in total. The van der Waals surface area contributed by atoms with E-state index in [1.165, 1.54) is 0 Å². The number of amides is 1. The quantitative estimate of drug-likeness (QED) is 0.676. The first-order valence-electron chi connectivity index (χ1n) is 8.93. The van der Waals surface area contributed by atoms with Gasteiger partial charge in [0.05, 0.1) is 5.52 Å². The minimum absolute atomic E-state index is 0.143. The van der Waals surface area contributed by atoms with Gasteiger partial charge in [0.2, 0.25) is 5.91 Å². The molecule has 1 aromatic heterocycles. The van der Waals surface area contributed by atoms with E-state index in [-0.39, 0.29) is 5.91 Å². The summed E-state index contributed by atoms with van der Waals surface area (Å²) >= 11 is 6.04. The molecule has 4 rings (SSSR count). The molecule has 2 aromatic carbocycles. The van der Waals surface area contributed by atoms with Crippen molar-refractivity contribution in [2.24, 2.45) is 0 Å². The van der Waals surface area contributed by atoms with Gasteiger partial charge in [0.25, 0.3) is 0 Å². The van der Waals surface area contributed by atoms with E-state index in [1.54, 1.807) is 13.1 Å². The van der Waals surface area contributed by atoms with Gasteiger partial charge in [-0.3, -0.25) is 9.78 Å². The summed E-state index contributed by atoms with van der Waals surface area (Å²) in [6, 6.07) is 15.5. The fourth-order valence-electron chi connectivity index (χ4n) is 3.32. The van der Waals surface area contributed by atoms with Gasteiger partial charge in [0, 0.05) is 55.4 Å². The average Bonchev–Trinajstić information content (AvgIpc) is 2.68. The summed E-state index contributed by atoms with van der Waals surface area (Å²) in [5.74, 6) is 1.66. The Bertz CT molecular complexity index is 967. The number of ether oxygens (including phenoxy) is 1. The molecule has 138 valence electrons. The van der Waals surface area contributed by atoms with Crippen LogP contribution < -0.4 is 9.64 Å². The Labute approximate surface area is 163 Å². The summed E-state index contributed by atoms with van der Waals surface area (Å²) in [4.78, 5) is 20.0. The summed E-state index contributed by atoms with van der Waals surface area (Å²) in [5.41, 5.74) is 1.94. The van der Waals surface area contributed by atoms with Crippen molar-refractivity contribution >= 4 is 34.1 Å². The van der Waals surface area contributed by atoms with Gasteiger partial charge in [-0.15, -0.1) is 0 Å². The van der Waals surface area contributed by atoms with E-state index in [4.69, 9.17) is 16.3 Å². The van der Waals surface area contributed by atoms with Crippen molar-refractivity contribution in [3.8, 4) is 11.5 Å². The number of nitrogens with zero attached hydrogens (tertiary/aromatic N) is 3. The molecule has 1 amide bonds. The molecule has 0 bridgehead atoms. The summed E-state index contributed by atoms with van der Waals surface area (Å²) in [6.07, 6.45) is 1.72. The van der Waals surface area contributed by atoms with Crippen LogP contribution in [0.2, 0.25) is 5.02 Å². The standard InChI is InChI=1S/C21H20ClN3O2/c1-15(26)24-10-12-25(13-11-24)17-3-5-18(6-4-17)27-21-8-9-23-20-14-16(22)2-7-19(20)21/h2-9,14H,10-13H2,1H3. The van der Waals surface area contributed by atoms with Crippen LogP contribution in [0.3, 0.4) is 0 Å². The van der Waals surface area contributed by atoms with Crippen molar-refractivity contribution in [3.05, 3.63) is 59.8 Å². The minimum atomic E-state index is 0.143. The maximum atomic E-state index is 11.5. The summed E-state index contributed by atoms with van der Waals surface area (Å²) in [7, 11) is 0. The number of fused-ring (bicyclic) bond motifs is 1. The van der Waals surface area contributed by atoms with Crippen molar-refractivity contribution in [3.63, 3.8) is 0 Å². The number of carbonyl (C=O) groups excluding carboxylic acids is 1. The molecule has 0 aliphatic carbocycles. The van der Waals surface area contributed by atoms with Crippen LogP contribution in [0.1, 0.15) is 6.92 Å². The van der Waals surface area contributed by atoms with Crippen LogP contribution in [0.4, 0.5) is 5.69 Å². The summed E-state index contributed by atoms with van der Waals surface area (Å²) in [6.45, 7) is 4.84. The molecule has 6 heteroatoms. The molecule has 1 aliphatic rings. The van der Waals surface area contributed by atoms with Gasteiger partial charge in [-0.2, -0.15) is 0 Å². The van der Waals surface area contributed by atoms with Crippen LogP contribution in [-0.2, 0) is 4.79 Å². The number of anilines is 1. The SMILES string of the molecule is CC(=O)N1CCN(c2ccc(Oc3ccnc4cc(Cl)ccc34)cc2)CC1. The summed E-state index contributed by atoms with van der Waals surface area (Å²) < 4.78 is 6.07. The Morgan fingerprint density at radius 1 is 1.04 bits per heavy atom. The van der Waals surface area contributed by atoms with Crippen LogP contribution in [0.5, 0.6) is 11.5 Å². The number of aromatic nitrogens is 1. The van der Waals surface area contributed by atoms with Crippen LogP contribution in [0.15, 0.2) is 54.7 Å². The van der Waals surface area contributed by atoms with Gasteiger partial charge < -0.3 is 14.5 Å². The molecule has 0 atom stereocenters. The highest BCUT2D eigenvalue weighted by Crippen LogP contribution is 2.31. The Hall–Kier alpha value is -2.79. The predicted molar refractivity (Wildman–Crippen MR) is 108 cm³/mol. The van der Waals surface area contributed by atoms with E-state index in [0.717, 1.165) is 54.3 Å². The second-order valence-corrected chi connectivity index (χ2v) is 7.00. The van der Waals surface area contributed by atoms with E-state index < -0.39 is 0 Å². The molecule has 1 fully saturated rings. The lowest BCUT2D eigenvalue weighted by Gasteiger charge is -2.35. The number of hydrogen-bond acceptors (Lipinski definition) is 4. The Morgan fingerprint density at radius 3 is 2.48 bits per heavy atom. The molecule has 27 heavy (non-hydrogen) atoms. The van der Waals surface area contributed by atoms with Crippen molar-refractivity contribution in [2.75, 3.05) is 31.1 Å². The Kier molecular flexibility index (Phi) is 4.86. The molecule has 0 radical (unpaired) electrons. The molecule has 1 saturated heterocycles. The van der Waals surface area contributed by atoms with Gasteiger partial charge in [-0.25, -0.2) is 0 Å². The van der Waals surface area contributed by atoms with E-state index in [0.29, 0.717) is 5.02 Å². The van der Waals surface area contributed by atoms with E-state index in [1.807, 2.05) is 41.3 Å². The van der Waals surface area contributed by atoms with Crippen molar-refractivity contribution in [2.45, 2.75) is 6.92 Å². The van der Waals surface area contributed by atoms with Crippen LogP contribution in [0, 0.1) is 0 Å². The van der Waals surface area contributed by atoms with E-state index in [2.05, 4.69) is 22.0 Å². The molecule has 0 N–H and O–H groups in total. The largest absolute Gasteiger partial charge is 0.457 e. The molecule has 3 aromatic rings. The third kappa shape index (κ3) is 3.83. The van der Waals surface area contributed by atoms with Gasteiger partial charge in [-0.1, -0.05) is 11.6 Å². The monoisotopic (exact) mass is 381 g/mol. The number of carbonyl (C=O) groups is 1. The first-order chi connectivity index (χ1) is 13.1. The molecular formula is C21H20ClN3O2. The minimum Gasteiger partial charge on any atom is -0.457 e. The van der Waals surface area contributed by atoms with Crippen molar-refractivity contribution < 1.29 is 9.53 Å². The lowest BCUT2D eigenvalue weighted by molar-refractivity contribution is -0.129. The molecule has 0 saturated carbocycles. The molecular weight excluding hydrogens is 362 g/mol. The van der Waals surface area contributed by atoms with Crippen LogP contribution in [-0.4, -0.2) is 42.0 Å². The van der Waals surface area contributed by atoms with Crippen molar-refractivity contribution in [1.82, 2.24) is 9.88 Å². The van der Waals surface area contributed by atoms with Crippen LogP contribution >= 0.6 is 11.6 Å². The van der Waals surface area contributed by atoms with Gasteiger partial charge in [0.15, 0.2) is 0 Å². The normalized spacial score (nSPS) is 14.4. The predicted octanol–water partition coefficient (Wildman–Crippen LogP) is 4.35. The number of benzene rings is 2.